The summed E-state index contributed by atoms with van der Waals surface area (Å²) in [5.74, 6) is -0.670. The predicted octanol–water partition coefficient (Wildman–Crippen LogP) is 3.56. The van der Waals surface area contributed by atoms with Crippen LogP contribution in [-0.4, -0.2) is 77.8 Å². The van der Waals surface area contributed by atoms with Gasteiger partial charge < -0.3 is 14.5 Å². The summed E-state index contributed by atoms with van der Waals surface area (Å²) in [5, 5.41) is 2.45. The first-order chi connectivity index (χ1) is 15.9. The molecule has 0 aromatic heterocycles. The van der Waals surface area contributed by atoms with Crippen LogP contribution >= 0.6 is 11.8 Å². The highest BCUT2D eigenvalue weighted by atomic mass is 32.2. The Kier molecular flexibility index (Phi) is 9.28. The van der Waals surface area contributed by atoms with E-state index < -0.39 is 17.8 Å². The molecule has 2 aliphatic rings. The van der Waals surface area contributed by atoms with E-state index in [0.29, 0.717) is 28.7 Å². The third-order valence-electron chi connectivity index (χ3n) is 5.63. The molecule has 1 aromatic carbocycles. The Morgan fingerprint density at radius 3 is 2.70 bits per heavy atom. The summed E-state index contributed by atoms with van der Waals surface area (Å²) in [5.41, 5.74) is 3.54. The SMILES string of the molecule is CCN(CC)CCN(CC)C(=O)Oc1ccc(F)cc1/C=C1\SC(N2CCCCN2)=NC1=O. The largest absolute Gasteiger partial charge is 0.415 e. The normalized spacial score (nSPS) is 17.6. The zero-order valence-corrected chi connectivity index (χ0v) is 20.3. The predicted molar refractivity (Wildman–Crippen MR) is 129 cm³/mol. The molecule has 3 rings (SSSR count). The maximum absolute atomic E-state index is 14.0. The Balaban J connectivity index is 1.72. The van der Waals surface area contributed by atoms with Crippen molar-refractivity contribution in [2.24, 2.45) is 4.99 Å². The van der Waals surface area contributed by atoms with Crippen molar-refractivity contribution < 1.29 is 18.7 Å². The van der Waals surface area contributed by atoms with Gasteiger partial charge in [0.1, 0.15) is 11.6 Å². The lowest BCUT2D eigenvalue weighted by molar-refractivity contribution is -0.113. The number of nitrogens with zero attached hydrogens (tertiary/aromatic N) is 4. The van der Waals surface area contributed by atoms with Crippen LogP contribution in [0.2, 0.25) is 0 Å². The molecule has 2 heterocycles. The lowest BCUT2D eigenvalue weighted by atomic mass is 10.1. The fourth-order valence-corrected chi connectivity index (χ4v) is 4.48. The van der Waals surface area contributed by atoms with E-state index in [9.17, 15) is 14.0 Å². The number of benzene rings is 1. The van der Waals surface area contributed by atoms with Crippen LogP contribution < -0.4 is 10.2 Å². The molecule has 0 spiro atoms. The summed E-state index contributed by atoms with van der Waals surface area (Å²) in [6.45, 7) is 11.2. The number of halogens is 1. The number of likely N-dealkylation sites (N-methyl/N-ethyl adjacent to an activating group) is 2. The van der Waals surface area contributed by atoms with E-state index in [-0.39, 0.29) is 5.75 Å². The van der Waals surface area contributed by atoms with Gasteiger partial charge >= 0.3 is 6.09 Å². The molecule has 33 heavy (non-hydrogen) atoms. The number of nitrogens with one attached hydrogen (secondary N) is 1. The zero-order valence-electron chi connectivity index (χ0n) is 19.5. The molecule has 2 amide bonds. The molecule has 0 aliphatic carbocycles. The molecular formula is C23H32FN5O3S. The van der Waals surface area contributed by atoms with Crippen LogP contribution in [0.3, 0.4) is 0 Å². The topological polar surface area (TPSA) is 77.5 Å². The van der Waals surface area contributed by atoms with Gasteiger partial charge in [-0.25, -0.2) is 14.6 Å². The number of rotatable bonds is 8. The Hall–Kier alpha value is -2.43. The summed E-state index contributed by atoms with van der Waals surface area (Å²) in [7, 11) is 0. The van der Waals surface area contributed by atoms with Crippen molar-refractivity contribution in [2.45, 2.75) is 33.6 Å². The average molecular weight is 478 g/mol. The van der Waals surface area contributed by atoms with Gasteiger partial charge in [0.2, 0.25) is 0 Å². The van der Waals surface area contributed by atoms with Crippen LogP contribution in [0.15, 0.2) is 28.1 Å². The maximum Gasteiger partial charge on any atom is 0.415 e. The molecule has 1 fully saturated rings. The van der Waals surface area contributed by atoms with Crippen LogP contribution in [0.1, 0.15) is 39.2 Å². The van der Waals surface area contributed by atoms with Gasteiger partial charge in [-0.1, -0.05) is 13.8 Å². The van der Waals surface area contributed by atoms with Crippen molar-refractivity contribution >= 4 is 35.0 Å². The molecule has 180 valence electrons. The van der Waals surface area contributed by atoms with E-state index in [1.807, 2.05) is 11.9 Å². The number of hydrogen-bond donors (Lipinski definition) is 1. The molecule has 10 heteroatoms. The van der Waals surface area contributed by atoms with E-state index in [1.54, 1.807) is 4.90 Å². The summed E-state index contributed by atoms with van der Waals surface area (Å²) in [6, 6.07) is 3.91. The van der Waals surface area contributed by atoms with Crippen LogP contribution in [0, 0.1) is 5.82 Å². The third-order valence-corrected chi connectivity index (χ3v) is 6.63. The van der Waals surface area contributed by atoms with E-state index >= 15 is 0 Å². The van der Waals surface area contributed by atoms with E-state index in [0.717, 1.165) is 45.6 Å². The lowest BCUT2D eigenvalue weighted by Gasteiger charge is -2.28. The number of amidine groups is 1. The van der Waals surface area contributed by atoms with E-state index in [1.165, 1.54) is 36.0 Å². The highest BCUT2D eigenvalue weighted by molar-refractivity contribution is 8.18. The minimum atomic E-state index is -0.504. The fraction of sp³-hybridized carbons (Fsp3) is 0.522. The molecule has 0 radical (unpaired) electrons. The Labute approximate surface area is 198 Å². The van der Waals surface area contributed by atoms with Gasteiger partial charge in [0, 0.05) is 38.3 Å². The van der Waals surface area contributed by atoms with Crippen LogP contribution in [-0.2, 0) is 4.79 Å². The number of aliphatic imine (C=N–C) groups is 1. The molecule has 0 unspecified atom stereocenters. The minimum absolute atomic E-state index is 0.202. The number of hydrazine groups is 1. The Morgan fingerprint density at radius 1 is 1.24 bits per heavy atom. The van der Waals surface area contributed by atoms with Crippen molar-refractivity contribution in [1.82, 2.24) is 20.2 Å². The van der Waals surface area contributed by atoms with Crippen molar-refractivity contribution in [3.05, 3.63) is 34.5 Å². The number of thioether (sulfide) groups is 1. The number of hydrogen-bond acceptors (Lipinski definition) is 7. The monoisotopic (exact) mass is 477 g/mol. The molecule has 1 N–H and O–H groups in total. The second kappa shape index (κ2) is 12.2. The summed E-state index contributed by atoms with van der Waals surface area (Å²) < 4.78 is 19.6. The van der Waals surface area contributed by atoms with Crippen LogP contribution in [0.5, 0.6) is 5.75 Å². The second-order valence-corrected chi connectivity index (χ2v) is 8.74. The standard InChI is InChI=1S/C23H32FN5O3S/c1-4-27(5-2)13-14-28(6-3)23(31)32-19-10-9-18(24)15-17(19)16-20-21(30)26-22(33-20)29-12-8-7-11-25-29/h9-10,15-16,25H,4-8,11-14H2,1-3H3/b20-16-. The highest BCUT2D eigenvalue weighted by Crippen LogP contribution is 2.33. The molecule has 8 nitrogen and oxygen atoms in total. The number of carbonyl (C=O) groups excluding carboxylic acids is 2. The van der Waals surface area contributed by atoms with E-state index in [2.05, 4.69) is 29.2 Å². The third kappa shape index (κ3) is 6.78. The number of ether oxygens (including phenoxy) is 1. The number of amides is 2. The quantitative estimate of drug-likeness (QED) is 0.574. The Bertz CT molecular complexity index is 913. The zero-order chi connectivity index (χ0) is 23.8. The van der Waals surface area contributed by atoms with Crippen molar-refractivity contribution in [3.8, 4) is 5.75 Å². The van der Waals surface area contributed by atoms with Crippen molar-refractivity contribution in [1.29, 1.82) is 0 Å². The summed E-state index contributed by atoms with van der Waals surface area (Å²) in [6.07, 6.45) is 3.13. The van der Waals surface area contributed by atoms with Gasteiger partial charge in [0.25, 0.3) is 5.91 Å². The smallest absolute Gasteiger partial charge is 0.410 e. The van der Waals surface area contributed by atoms with Gasteiger partial charge in [-0.2, -0.15) is 4.99 Å². The lowest BCUT2D eigenvalue weighted by Crippen LogP contribution is -2.45. The van der Waals surface area contributed by atoms with Crippen molar-refractivity contribution in [2.75, 3.05) is 45.8 Å². The van der Waals surface area contributed by atoms with Crippen LogP contribution in [0.4, 0.5) is 9.18 Å². The first-order valence-corrected chi connectivity index (χ1v) is 12.3. The minimum Gasteiger partial charge on any atom is -0.410 e. The summed E-state index contributed by atoms with van der Waals surface area (Å²) >= 11 is 1.23. The number of carbonyl (C=O) groups is 2. The molecule has 1 aromatic rings. The van der Waals surface area contributed by atoms with Gasteiger partial charge in [0.15, 0.2) is 5.17 Å². The molecule has 0 bridgehead atoms. The van der Waals surface area contributed by atoms with Crippen LogP contribution in [0.25, 0.3) is 6.08 Å². The summed E-state index contributed by atoms with van der Waals surface area (Å²) in [4.78, 5) is 33.6. The fourth-order valence-electron chi connectivity index (χ4n) is 3.57. The van der Waals surface area contributed by atoms with Gasteiger partial charge in [-0.15, -0.1) is 0 Å². The molecule has 2 aliphatic heterocycles. The molecule has 1 saturated heterocycles. The van der Waals surface area contributed by atoms with E-state index in [4.69, 9.17) is 4.74 Å². The molecular weight excluding hydrogens is 445 g/mol. The Morgan fingerprint density at radius 2 is 2.03 bits per heavy atom. The molecule has 0 atom stereocenters. The first kappa shape index (κ1) is 25.2. The first-order valence-electron chi connectivity index (χ1n) is 11.5. The van der Waals surface area contributed by atoms with Gasteiger partial charge in [-0.05, 0) is 68.9 Å². The molecule has 0 saturated carbocycles. The van der Waals surface area contributed by atoms with Crippen molar-refractivity contribution in [3.63, 3.8) is 0 Å². The highest BCUT2D eigenvalue weighted by Gasteiger charge is 2.27. The average Bonchev–Trinajstić information content (AvgIpc) is 3.19. The maximum atomic E-state index is 14.0. The van der Waals surface area contributed by atoms with Gasteiger partial charge in [0.05, 0.1) is 4.91 Å². The van der Waals surface area contributed by atoms with Gasteiger partial charge in [-0.3, -0.25) is 9.80 Å². The second-order valence-electron chi connectivity index (χ2n) is 7.73.